The molecule has 21 heavy (non-hydrogen) atoms. The summed E-state index contributed by atoms with van der Waals surface area (Å²) in [5.41, 5.74) is -0.00352. The Bertz CT molecular complexity index is 475. The van der Waals surface area contributed by atoms with Crippen molar-refractivity contribution >= 4 is 6.29 Å². The van der Waals surface area contributed by atoms with Crippen LogP contribution in [0.15, 0.2) is 72.4 Å². The maximum absolute atomic E-state index is 12.6. The van der Waals surface area contributed by atoms with Gasteiger partial charge in [-0.05, 0) is 18.9 Å². The lowest BCUT2D eigenvalue weighted by atomic mass is 10.1. The van der Waals surface area contributed by atoms with Gasteiger partial charge in [0.15, 0.2) is 0 Å². The number of rotatable bonds is 8. The van der Waals surface area contributed by atoms with Crippen LogP contribution >= 0.6 is 0 Å². The van der Waals surface area contributed by atoms with E-state index >= 15 is 0 Å². The average Bonchev–Trinajstić information content (AvgIpc) is 2.42. The highest BCUT2D eigenvalue weighted by molar-refractivity contribution is 5.52. The standard InChI is InChI=1S/C17H19F3O/c1-3-5-10-15(11-6-7-14-21)12-8-13-16(9-4-2)17(18,19)20/h3-4,6,8-14H,1,5,7H2,2H3/b9-4-,11-6-,12-8+,15-10+,16-13+. The molecule has 0 aliphatic heterocycles. The van der Waals surface area contributed by atoms with E-state index in [1.165, 1.54) is 19.1 Å². The van der Waals surface area contributed by atoms with E-state index < -0.39 is 11.7 Å². The van der Waals surface area contributed by atoms with Gasteiger partial charge in [-0.3, -0.25) is 0 Å². The first-order chi connectivity index (χ1) is 9.95. The lowest BCUT2D eigenvalue weighted by Crippen LogP contribution is -2.09. The number of hydrogen-bond donors (Lipinski definition) is 0. The van der Waals surface area contributed by atoms with Crippen LogP contribution in [0, 0.1) is 0 Å². The summed E-state index contributed by atoms with van der Waals surface area (Å²) in [6.45, 7) is 5.10. The summed E-state index contributed by atoms with van der Waals surface area (Å²) < 4.78 is 37.9. The van der Waals surface area contributed by atoms with E-state index in [1.54, 1.807) is 24.3 Å². The van der Waals surface area contributed by atoms with Crippen molar-refractivity contribution in [2.75, 3.05) is 0 Å². The number of allylic oxidation sites excluding steroid dienone is 11. The van der Waals surface area contributed by atoms with Gasteiger partial charge >= 0.3 is 6.18 Å². The van der Waals surface area contributed by atoms with Gasteiger partial charge in [-0.15, -0.1) is 6.58 Å². The summed E-state index contributed by atoms with van der Waals surface area (Å²) in [6.07, 6.45) is 10.3. The molecule has 0 saturated heterocycles. The second-order valence-corrected chi connectivity index (χ2v) is 4.01. The van der Waals surface area contributed by atoms with Crippen molar-refractivity contribution in [3.63, 3.8) is 0 Å². The van der Waals surface area contributed by atoms with Crippen molar-refractivity contribution in [2.24, 2.45) is 0 Å². The Morgan fingerprint density at radius 3 is 2.38 bits per heavy atom. The third-order valence-electron chi connectivity index (χ3n) is 2.30. The van der Waals surface area contributed by atoms with Crippen LogP contribution in [0.4, 0.5) is 13.2 Å². The van der Waals surface area contributed by atoms with Crippen LogP contribution < -0.4 is 0 Å². The minimum Gasteiger partial charge on any atom is -0.303 e. The molecule has 0 bridgehead atoms. The number of aldehydes is 1. The van der Waals surface area contributed by atoms with Gasteiger partial charge < -0.3 is 4.79 Å². The van der Waals surface area contributed by atoms with Crippen molar-refractivity contribution in [1.82, 2.24) is 0 Å². The van der Waals surface area contributed by atoms with Crippen molar-refractivity contribution in [3.05, 3.63) is 72.4 Å². The summed E-state index contributed by atoms with van der Waals surface area (Å²) in [7, 11) is 0. The smallest absolute Gasteiger partial charge is 0.303 e. The maximum Gasteiger partial charge on any atom is 0.416 e. The zero-order valence-corrected chi connectivity index (χ0v) is 11.9. The Kier molecular flexibility index (Phi) is 9.59. The lowest BCUT2D eigenvalue weighted by molar-refractivity contribution is -0.107. The SMILES string of the molecule is C=CC/C=C(\C=C/CC=O)/C=C/C=C(\C=C/C)C(F)(F)F. The summed E-state index contributed by atoms with van der Waals surface area (Å²) >= 11 is 0. The molecule has 0 fully saturated rings. The fourth-order valence-electron chi connectivity index (χ4n) is 1.36. The number of carbonyl (C=O) groups is 1. The van der Waals surface area contributed by atoms with Crippen LogP contribution in [0.25, 0.3) is 0 Å². The number of alkyl halides is 3. The molecular weight excluding hydrogens is 277 g/mol. The van der Waals surface area contributed by atoms with Crippen molar-refractivity contribution in [3.8, 4) is 0 Å². The molecule has 0 aromatic carbocycles. The Balaban J connectivity index is 5.13. The molecule has 0 aromatic heterocycles. The number of hydrogen-bond acceptors (Lipinski definition) is 1. The Labute approximate surface area is 123 Å². The molecule has 0 N–H and O–H groups in total. The minimum atomic E-state index is -4.38. The minimum absolute atomic E-state index is 0.265. The summed E-state index contributed by atoms with van der Waals surface area (Å²) in [6, 6.07) is 0. The fourth-order valence-corrected chi connectivity index (χ4v) is 1.36. The molecule has 114 valence electrons. The zero-order valence-electron chi connectivity index (χ0n) is 11.9. The fraction of sp³-hybridized carbons (Fsp3) is 0.235. The molecule has 0 atom stereocenters. The van der Waals surface area contributed by atoms with Crippen LogP contribution in [0.3, 0.4) is 0 Å². The monoisotopic (exact) mass is 296 g/mol. The Morgan fingerprint density at radius 2 is 1.86 bits per heavy atom. The van der Waals surface area contributed by atoms with Crippen LogP contribution in [0.1, 0.15) is 19.8 Å². The zero-order chi connectivity index (χ0) is 16.1. The van der Waals surface area contributed by atoms with Crippen LogP contribution in [-0.4, -0.2) is 12.5 Å². The van der Waals surface area contributed by atoms with E-state index in [4.69, 9.17) is 0 Å². The summed E-state index contributed by atoms with van der Waals surface area (Å²) in [5.74, 6) is 0. The second kappa shape index (κ2) is 10.7. The highest BCUT2D eigenvalue weighted by Gasteiger charge is 2.30. The summed E-state index contributed by atoms with van der Waals surface area (Å²) in [5, 5.41) is 0. The van der Waals surface area contributed by atoms with Gasteiger partial charge in [-0.2, -0.15) is 13.2 Å². The quantitative estimate of drug-likeness (QED) is 0.339. The van der Waals surface area contributed by atoms with E-state index in [9.17, 15) is 18.0 Å². The van der Waals surface area contributed by atoms with E-state index in [-0.39, 0.29) is 6.42 Å². The van der Waals surface area contributed by atoms with Gasteiger partial charge in [0.25, 0.3) is 0 Å². The highest BCUT2D eigenvalue weighted by atomic mass is 19.4. The maximum atomic E-state index is 12.6. The molecule has 0 aliphatic rings. The van der Waals surface area contributed by atoms with Crippen LogP contribution in [0.2, 0.25) is 0 Å². The first-order valence-electron chi connectivity index (χ1n) is 6.45. The average molecular weight is 296 g/mol. The predicted molar refractivity (Wildman–Crippen MR) is 80.8 cm³/mol. The number of halogens is 3. The van der Waals surface area contributed by atoms with E-state index in [0.29, 0.717) is 6.42 Å². The topological polar surface area (TPSA) is 17.1 Å². The normalized spacial score (nSPS) is 14.5. The molecular formula is C17H19F3O. The third-order valence-corrected chi connectivity index (χ3v) is 2.30. The van der Waals surface area contributed by atoms with Gasteiger partial charge in [-0.1, -0.05) is 54.7 Å². The molecule has 0 saturated carbocycles. The second-order valence-electron chi connectivity index (χ2n) is 4.01. The van der Waals surface area contributed by atoms with E-state index in [2.05, 4.69) is 6.58 Å². The lowest BCUT2D eigenvalue weighted by Gasteiger charge is -2.05. The van der Waals surface area contributed by atoms with Crippen molar-refractivity contribution in [1.29, 1.82) is 0 Å². The Hall–Kier alpha value is -2.10. The molecule has 0 heterocycles. The number of carbonyl (C=O) groups excluding carboxylic acids is 1. The molecule has 0 aliphatic carbocycles. The summed E-state index contributed by atoms with van der Waals surface area (Å²) in [4.78, 5) is 10.2. The van der Waals surface area contributed by atoms with Crippen LogP contribution in [-0.2, 0) is 4.79 Å². The molecule has 0 radical (unpaired) electrons. The van der Waals surface area contributed by atoms with Crippen LogP contribution in [0.5, 0.6) is 0 Å². The first-order valence-corrected chi connectivity index (χ1v) is 6.45. The van der Waals surface area contributed by atoms with Crippen molar-refractivity contribution in [2.45, 2.75) is 25.9 Å². The van der Waals surface area contributed by atoms with Gasteiger partial charge in [0.1, 0.15) is 6.29 Å². The largest absolute Gasteiger partial charge is 0.416 e. The van der Waals surface area contributed by atoms with E-state index in [1.807, 2.05) is 6.08 Å². The molecule has 0 amide bonds. The van der Waals surface area contributed by atoms with Crippen molar-refractivity contribution < 1.29 is 18.0 Å². The molecule has 0 spiro atoms. The predicted octanol–water partition coefficient (Wildman–Crippen LogP) is 5.26. The van der Waals surface area contributed by atoms with Gasteiger partial charge in [0.05, 0.1) is 5.57 Å². The molecule has 4 heteroatoms. The molecule has 1 nitrogen and oxygen atoms in total. The first kappa shape index (κ1) is 18.9. The molecule has 0 unspecified atom stereocenters. The van der Waals surface area contributed by atoms with E-state index in [0.717, 1.165) is 24.0 Å². The third kappa shape index (κ3) is 9.44. The molecule has 0 aromatic rings. The molecule has 0 rings (SSSR count). The Morgan fingerprint density at radius 1 is 1.14 bits per heavy atom. The van der Waals surface area contributed by atoms with Gasteiger partial charge in [0.2, 0.25) is 0 Å². The highest BCUT2D eigenvalue weighted by Crippen LogP contribution is 2.26. The van der Waals surface area contributed by atoms with Gasteiger partial charge in [-0.25, -0.2) is 0 Å². The van der Waals surface area contributed by atoms with Gasteiger partial charge in [0, 0.05) is 6.42 Å².